The highest BCUT2D eigenvalue weighted by molar-refractivity contribution is 6.30. The molecule has 0 aromatic heterocycles. The third-order valence-corrected chi connectivity index (χ3v) is 4.04. The van der Waals surface area contributed by atoms with Crippen molar-refractivity contribution in [3.05, 3.63) is 34.9 Å². The van der Waals surface area contributed by atoms with Gasteiger partial charge in [0.25, 0.3) is 0 Å². The summed E-state index contributed by atoms with van der Waals surface area (Å²) in [5.41, 5.74) is 7.37. The van der Waals surface area contributed by atoms with Gasteiger partial charge in [-0.3, -0.25) is 4.99 Å². The van der Waals surface area contributed by atoms with Crippen molar-refractivity contribution in [3.63, 3.8) is 0 Å². The SMILES string of the molecule is CC1CCCN(C(N)=NCCCc2ccc(Cl)cc2)C1. The summed E-state index contributed by atoms with van der Waals surface area (Å²) in [6.07, 6.45) is 4.57. The lowest BCUT2D eigenvalue weighted by atomic mass is 10.0. The lowest BCUT2D eigenvalue weighted by molar-refractivity contribution is 0.270. The zero-order chi connectivity index (χ0) is 14.4. The Balaban J connectivity index is 1.73. The average molecular weight is 294 g/mol. The highest BCUT2D eigenvalue weighted by Gasteiger charge is 2.17. The van der Waals surface area contributed by atoms with Crippen LogP contribution in [-0.2, 0) is 6.42 Å². The van der Waals surface area contributed by atoms with Gasteiger partial charge in [-0.2, -0.15) is 0 Å². The van der Waals surface area contributed by atoms with Crippen molar-refractivity contribution < 1.29 is 0 Å². The number of halogens is 1. The first-order chi connectivity index (χ1) is 9.65. The summed E-state index contributed by atoms with van der Waals surface area (Å²) in [7, 11) is 0. The Kier molecular flexibility index (Phi) is 5.72. The fourth-order valence-electron chi connectivity index (χ4n) is 2.63. The summed E-state index contributed by atoms with van der Waals surface area (Å²) in [6, 6.07) is 8.01. The van der Waals surface area contributed by atoms with E-state index in [2.05, 4.69) is 28.9 Å². The van der Waals surface area contributed by atoms with Crippen LogP contribution in [0.3, 0.4) is 0 Å². The van der Waals surface area contributed by atoms with E-state index in [1.165, 1.54) is 18.4 Å². The summed E-state index contributed by atoms with van der Waals surface area (Å²) >= 11 is 5.87. The number of nitrogens with zero attached hydrogens (tertiary/aromatic N) is 2. The number of hydrogen-bond donors (Lipinski definition) is 1. The van der Waals surface area contributed by atoms with Crippen LogP contribution in [0, 0.1) is 5.92 Å². The predicted octanol–water partition coefficient (Wildman–Crippen LogP) is 3.32. The van der Waals surface area contributed by atoms with E-state index >= 15 is 0 Å². The molecule has 1 heterocycles. The number of guanidine groups is 1. The van der Waals surface area contributed by atoms with Gasteiger partial charge in [0.15, 0.2) is 5.96 Å². The molecule has 2 N–H and O–H groups in total. The van der Waals surface area contributed by atoms with Gasteiger partial charge in [-0.25, -0.2) is 0 Å². The summed E-state index contributed by atoms with van der Waals surface area (Å²) in [4.78, 5) is 6.73. The second-order valence-electron chi connectivity index (χ2n) is 5.66. The molecule has 3 nitrogen and oxygen atoms in total. The molecule has 1 aromatic rings. The first kappa shape index (κ1) is 15.2. The van der Waals surface area contributed by atoms with Crippen molar-refractivity contribution in [3.8, 4) is 0 Å². The monoisotopic (exact) mass is 293 g/mol. The predicted molar refractivity (Wildman–Crippen MR) is 86.2 cm³/mol. The van der Waals surface area contributed by atoms with Crippen LogP contribution < -0.4 is 5.73 Å². The van der Waals surface area contributed by atoms with Crippen molar-refractivity contribution in [1.82, 2.24) is 4.90 Å². The molecular weight excluding hydrogens is 270 g/mol. The van der Waals surface area contributed by atoms with Gasteiger partial charge < -0.3 is 10.6 Å². The molecule has 4 heteroatoms. The summed E-state index contributed by atoms with van der Waals surface area (Å²) in [5.74, 6) is 1.44. The molecule has 1 aromatic carbocycles. The fourth-order valence-corrected chi connectivity index (χ4v) is 2.75. The molecule has 0 bridgehead atoms. The van der Waals surface area contributed by atoms with Crippen molar-refractivity contribution in [2.24, 2.45) is 16.6 Å². The number of benzene rings is 1. The van der Waals surface area contributed by atoms with Crippen LogP contribution in [0.1, 0.15) is 31.7 Å². The van der Waals surface area contributed by atoms with E-state index in [0.717, 1.165) is 43.4 Å². The molecule has 110 valence electrons. The molecule has 0 aliphatic carbocycles. The molecule has 1 aliphatic rings. The maximum Gasteiger partial charge on any atom is 0.191 e. The van der Waals surface area contributed by atoms with Crippen LogP contribution in [0.5, 0.6) is 0 Å². The van der Waals surface area contributed by atoms with Gasteiger partial charge in [-0.1, -0.05) is 30.7 Å². The number of aryl methyl sites for hydroxylation is 1. The van der Waals surface area contributed by atoms with Crippen LogP contribution in [0.4, 0.5) is 0 Å². The van der Waals surface area contributed by atoms with E-state index in [1.807, 2.05) is 12.1 Å². The number of aliphatic imine (C=N–C) groups is 1. The zero-order valence-corrected chi connectivity index (χ0v) is 12.9. The lowest BCUT2D eigenvalue weighted by Crippen LogP contribution is -2.43. The number of piperidine rings is 1. The normalized spacial score (nSPS) is 20.2. The number of likely N-dealkylation sites (tertiary alicyclic amines) is 1. The third kappa shape index (κ3) is 4.71. The summed E-state index contributed by atoms with van der Waals surface area (Å²) in [6.45, 7) is 5.17. The Bertz CT molecular complexity index is 442. The molecule has 20 heavy (non-hydrogen) atoms. The van der Waals surface area contributed by atoms with Gasteiger partial charge in [0.1, 0.15) is 0 Å². The molecular formula is C16H24ClN3. The van der Waals surface area contributed by atoms with Crippen LogP contribution in [0.25, 0.3) is 0 Å². The van der Waals surface area contributed by atoms with Crippen LogP contribution >= 0.6 is 11.6 Å². The topological polar surface area (TPSA) is 41.6 Å². The molecule has 1 saturated heterocycles. The molecule has 0 radical (unpaired) electrons. The minimum absolute atomic E-state index is 0.715. The minimum Gasteiger partial charge on any atom is -0.370 e. The molecule has 1 unspecified atom stereocenters. The highest BCUT2D eigenvalue weighted by Crippen LogP contribution is 2.15. The van der Waals surface area contributed by atoms with Crippen molar-refractivity contribution in [2.45, 2.75) is 32.6 Å². The summed E-state index contributed by atoms with van der Waals surface area (Å²) in [5, 5.41) is 0.787. The third-order valence-electron chi connectivity index (χ3n) is 3.79. The quantitative estimate of drug-likeness (QED) is 0.526. The maximum absolute atomic E-state index is 6.07. The average Bonchev–Trinajstić information content (AvgIpc) is 2.45. The van der Waals surface area contributed by atoms with Crippen LogP contribution in [0.15, 0.2) is 29.3 Å². The van der Waals surface area contributed by atoms with Gasteiger partial charge in [-0.15, -0.1) is 0 Å². The summed E-state index contributed by atoms with van der Waals surface area (Å²) < 4.78 is 0. The molecule has 1 aliphatic heterocycles. The van der Waals surface area contributed by atoms with Crippen molar-refractivity contribution in [2.75, 3.05) is 19.6 Å². The molecule has 1 fully saturated rings. The molecule has 1 atom stereocenters. The number of hydrogen-bond acceptors (Lipinski definition) is 1. The zero-order valence-electron chi connectivity index (χ0n) is 12.2. The van der Waals surface area contributed by atoms with Gasteiger partial charge in [0.05, 0.1) is 0 Å². The van der Waals surface area contributed by atoms with E-state index in [4.69, 9.17) is 17.3 Å². The van der Waals surface area contributed by atoms with E-state index in [1.54, 1.807) is 0 Å². The van der Waals surface area contributed by atoms with Gasteiger partial charge in [0, 0.05) is 24.7 Å². The molecule has 0 spiro atoms. The lowest BCUT2D eigenvalue weighted by Gasteiger charge is -2.31. The minimum atomic E-state index is 0.715. The standard InChI is InChI=1S/C16H24ClN3/c1-13-4-3-11-20(12-13)16(18)19-10-2-5-14-6-8-15(17)9-7-14/h6-9,13H,2-5,10-12H2,1H3,(H2,18,19). The molecule has 2 rings (SSSR count). The Labute approximate surface area is 126 Å². The fraction of sp³-hybridized carbons (Fsp3) is 0.562. The van der Waals surface area contributed by atoms with Gasteiger partial charge in [0.2, 0.25) is 0 Å². The first-order valence-electron chi connectivity index (χ1n) is 7.44. The first-order valence-corrected chi connectivity index (χ1v) is 7.82. The highest BCUT2D eigenvalue weighted by atomic mass is 35.5. The second-order valence-corrected chi connectivity index (χ2v) is 6.10. The van der Waals surface area contributed by atoms with Crippen LogP contribution in [-0.4, -0.2) is 30.5 Å². The van der Waals surface area contributed by atoms with Crippen LogP contribution in [0.2, 0.25) is 5.02 Å². The van der Waals surface area contributed by atoms with E-state index in [0.29, 0.717) is 5.96 Å². The van der Waals surface area contributed by atoms with E-state index in [9.17, 15) is 0 Å². The Morgan fingerprint density at radius 2 is 2.15 bits per heavy atom. The Morgan fingerprint density at radius 3 is 2.85 bits per heavy atom. The number of nitrogens with two attached hydrogens (primary N) is 1. The number of rotatable bonds is 4. The Morgan fingerprint density at radius 1 is 1.40 bits per heavy atom. The van der Waals surface area contributed by atoms with E-state index < -0.39 is 0 Å². The molecule has 0 saturated carbocycles. The van der Waals surface area contributed by atoms with Gasteiger partial charge >= 0.3 is 0 Å². The van der Waals surface area contributed by atoms with E-state index in [-0.39, 0.29) is 0 Å². The molecule has 0 amide bonds. The largest absolute Gasteiger partial charge is 0.370 e. The maximum atomic E-state index is 6.07. The smallest absolute Gasteiger partial charge is 0.191 e. The second kappa shape index (κ2) is 7.53. The van der Waals surface area contributed by atoms with Crippen molar-refractivity contribution in [1.29, 1.82) is 0 Å². The van der Waals surface area contributed by atoms with Crippen molar-refractivity contribution >= 4 is 17.6 Å². The Hall–Kier alpha value is -1.22. The van der Waals surface area contributed by atoms with Gasteiger partial charge in [-0.05, 0) is 49.3 Å².